The zero-order chi connectivity index (χ0) is 11.9. The minimum absolute atomic E-state index is 0. The topological polar surface area (TPSA) is 71.8 Å². The number of nitrogens with one attached hydrogen (secondary N) is 1. The molecule has 0 spiro atoms. The van der Waals surface area contributed by atoms with Crippen molar-refractivity contribution in [1.82, 2.24) is 9.97 Å². The van der Waals surface area contributed by atoms with E-state index in [1.165, 1.54) is 6.07 Å². The molecule has 0 amide bonds. The van der Waals surface area contributed by atoms with Gasteiger partial charge in [0.1, 0.15) is 5.82 Å². The van der Waals surface area contributed by atoms with Crippen molar-refractivity contribution in [2.24, 2.45) is 5.73 Å². The number of hydrogen-bond donors (Lipinski definition) is 2. The molecule has 4 nitrogen and oxygen atoms in total. The van der Waals surface area contributed by atoms with Gasteiger partial charge in [-0.15, -0.1) is 12.4 Å². The van der Waals surface area contributed by atoms with E-state index in [9.17, 15) is 4.79 Å². The molecule has 0 atom stereocenters. The molecule has 5 heteroatoms. The lowest BCUT2D eigenvalue weighted by Gasteiger charge is -2.22. The summed E-state index contributed by atoms with van der Waals surface area (Å²) in [5, 5.41) is 0. The van der Waals surface area contributed by atoms with Gasteiger partial charge < -0.3 is 10.7 Å². The van der Waals surface area contributed by atoms with Gasteiger partial charge in [-0.25, -0.2) is 4.98 Å². The molecule has 0 unspecified atom stereocenters. The Labute approximate surface area is 102 Å². The largest absolute Gasteiger partial charge is 0.319 e. The van der Waals surface area contributed by atoms with Crippen LogP contribution in [0, 0.1) is 0 Å². The quantitative estimate of drug-likeness (QED) is 0.791. The molecule has 0 aliphatic rings. The van der Waals surface area contributed by atoms with E-state index >= 15 is 0 Å². The molecule has 1 heterocycles. The molecule has 0 aliphatic carbocycles. The van der Waals surface area contributed by atoms with Gasteiger partial charge in [-0.2, -0.15) is 0 Å². The van der Waals surface area contributed by atoms with Gasteiger partial charge in [0.15, 0.2) is 0 Å². The van der Waals surface area contributed by atoms with E-state index in [0.29, 0.717) is 5.82 Å². The fourth-order valence-electron chi connectivity index (χ4n) is 1.15. The van der Waals surface area contributed by atoms with Crippen molar-refractivity contribution in [2.75, 3.05) is 0 Å². The van der Waals surface area contributed by atoms with Crippen LogP contribution in [0.5, 0.6) is 0 Å². The number of nitrogens with two attached hydrogens (primary N) is 1. The summed E-state index contributed by atoms with van der Waals surface area (Å²) in [5.41, 5.74) is 5.75. The third-order valence-electron chi connectivity index (χ3n) is 2.12. The highest BCUT2D eigenvalue weighted by Crippen LogP contribution is 2.20. The first-order valence-corrected chi connectivity index (χ1v) is 5.02. The molecule has 0 aromatic carbocycles. The van der Waals surface area contributed by atoms with Gasteiger partial charge in [0, 0.05) is 11.5 Å². The number of halogens is 1. The predicted octanol–water partition coefficient (Wildman–Crippen LogP) is 1.68. The second-order valence-corrected chi connectivity index (χ2v) is 5.45. The smallest absolute Gasteiger partial charge is 0.251 e. The molecular weight excluding hydrogens is 226 g/mol. The Kier molecular flexibility index (Phi) is 4.31. The zero-order valence-corrected chi connectivity index (χ0v) is 11.2. The van der Waals surface area contributed by atoms with Gasteiger partial charge in [-0.05, 0) is 13.8 Å². The SMILES string of the molecule is CC(C)(C)c1cc(=O)[nH]c(C(C)(C)N)n1.Cl. The van der Waals surface area contributed by atoms with Gasteiger partial charge >= 0.3 is 0 Å². The van der Waals surface area contributed by atoms with E-state index in [0.717, 1.165) is 5.69 Å². The third kappa shape index (κ3) is 3.61. The Hall–Kier alpha value is -0.870. The van der Waals surface area contributed by atoms with Crippen molar-refractivity contribution in [3.63, 3.8) is 0 Å². The lowest BCUT2D eigenvalue weighted by atomic mass is 9.91. The van der Waals surface area contributed by atoms with E-state index < -0.39 is 5.54 Å². The van der Waals surface area contributed by atoms with Crippen LogP contribution in [-0.4, -0.2) is 9.97 Å². The summed E-state index contributed by atoms with van der Waals surface area (Å²) < 4.78 is 0. The molecule has 92 valence electrons. The van der Waals surface area contributed by atoms with E-state index in [4.69, 9.17) is 5.73 Å². The molecule has 1 rings (SSSR count). The summed E-state index contributed by atoms with van der Waals surface area (Å²) >= 11 is 0. The Morgan fingerprint density at radius 3 is 2.12 bits per heavy atom. The predicted molar refractivity (Wildman–Crippen MR) is 68.0 cm³/mol. The second kappa shape index (κ2) is 4.55. The van der Waals surface area contributed by atoms with Crippen molar-refractivity contribution in [3.05, 3.63) is 27.9 Å². The third-order valence-corrected chi connectivity index (χ3v) is 2.12. The van der Waals surface area contributed by atoms with Crippen molar-refractivity contribution >= 4 is 12.4 Å². The second-order valence-electron chi connectivity index (χ2n) is 5.45. The number of hydrogen-bond acceptors (Lipinski definition) is 3. The van der Waals surface area contributed by atoms with E-state index in [-0.39, 0.29) is 23.4 Å². The zero-order valence-electron chi connectivity index (χ0n) is 10.4. The maximum atomic E-state index is 11.5. The summed E-state index contributed by atoms with van der Waals surface area (Å²) in [6.45, 7) is 9.68. The minimum atomic E-state index is -0.625. The molecule has 16 heavy (non-hydrogen) atoms. The normalized spacial score (nSPS) is 12.1. The first-order chi connectivity index (χ1) is 6.60. The summed E-state index contributed by atoms with van der Waals surface area (Å²) in [4.78, 5) is 18.5. The molecule has 3 N–H and O–H groups in total. The van der Waals surface area contributed by atoms with Crippen LogP contribution in [0.15, 0.2) is 10.9 Å². The van der Waals surface area contributed by atoms with Crippen LogP contribution in [0.25, 0.3) is 0 Å². The van der Waals surface area contributed by atoms with Crippen LogP contribution in [0.1, 0.15) is 46.1 Å². The summed E-state index contributed by atoms with van der Waals surface area (Å²) in [6, 6.07) is 1.52. The molecule has 0 fully saturated rings. The fraction of sp³-hybridized carbons (Fsp3) is 0.636. The van der Waals surface area contributed by atoms with Crippen LogP contribution in [0.4, 0.5) is 0 Å². The first-order valence-electron chi connectivity index (χ1n) is 5.02. The van der Waals surface area contributed by atoms with Gasteiger partial charge in [-0.3, -0.25) is 4.79 Å². The van der Waals surface area contributed by atoms with Crippen LogP contribution < -0.4 is 11.3 Å². The van der Waals surface area contributed by atoms with Crippen LogP contribution in [-0.2, 0) is 11.0 Å². The van der Waals surface area contributed by atoms with Crippen molar-refractivity contribution < 1.29 is 0 Å². The number of H-pyrrole nitrogens is 1. The highest BCUT2D eigenvalue weighted by molar-refractivity contribution is 5.85. The number of rotatable bonds is 1. The van der Waals surface area contributed by atoms with Crippen LogP contribution >= 0.6 is 12.4 Å². The monoisotopic (exact) mass is 245 g/mol. The molecule has 0 saturated heterocycles. The van der Waals surface area contributed by atoms with Gasteiger partial charge in [0.05, 0.1) is 11.2 Å². The Morgan fingerprint density at radius 1 is 1.25 bits per heavy atom. The van der Waals surface area contributed by atoms with Crippen molar-refractivity contribution in [2.45, 2.75) is 45.6 Å². The molecule has 0 radical (unpaired) electrons. The maximum Gasteiger partial charge on any atom is 0.251 e. The Morgan fingerprint density at radius 2 is 1.75 bits per heavy atom. The van der Waals surface area contributed by atoms with Crippen LogP contribution in [0.3, 0.4) is 0 Å². The average molecular weight is 246 g/mol. The average Bonchev–Trinajstić information content (AvgIpc) is 1.99. The molecule has 0 aliphatic heterocycles. The van der Waals surface area contributed by atoms with Gasteiger partial charge in [0.2, 0.25) is 0 Å². The number of nitrogens with zero attached hydrogens (tertiary/aromatic N) is 1. The summed E-state index contributed by atoms with van der Waals surface area (Å²) in [5.74, 6) is 0.528. The summed E-state index contributed by atoms with van der Waals surface area (Å²) in [6.07, 6.45) is 0. The van der Waals surface area contributed by atoms with Crippen molar-refractivity contribution in [1.29, 1.82) is 0 Å². The Bertz CT molecular complexity index is 377. The molecular formula is C11H20ClN3O. The maximum absolute atomic E-state index is 11.5. The lowest BCUT2D eigenvalue weighted by molar-refractivity contribution is 0.490. The van der Waals surface area contributed by atoms with Gasteiger partial charge in [0.25, 0.3) is 5.56 Å². The summed E-state index contributed by atoms with van der Waals surface area (Å²) in [7, 11) is 0. The highest BCUT2D eigenvalue weighted by atomic mass is 35.5. The van der Waals surface area contributed by atoms with E-state index in [2.05, 4.69) is 9.97 Å². The van der Waals surface area contributed by atoms with Crippen LogP contribution in [0.2, 0.25) is 0 Å². The highest BCUT2D eigenvalue weighted by Gasteiger charge is 2.22. The van der Waals surface area contributed by atoms with E-state index in [1.54, 1.807) is 0 Å². The fourth-order valence-corrected chi connectivity index (χ4v) is 1.15. The first kappa shape index (κ1) is 15.1. The molecule has 1 aromatic heterocycles. The van der Waals surface area contributed by atoms with E-state index in [1.807, 2.05) is 34.6 Å². The minimum Gasteiger partial charge on any atom is -0.319 e. The number of aromatic amines is 1. The molecule has 0 bridgehead atoms. The van der Waals surface area contributed by atoms with Crippen molar-refractivity contribution in [3.8, 4) is 0 Å². The molecule has 0 saturated carbocycles. The standard InChI is InChI=1S/C11H19N3O.ClH/c1-10(2,3)7-6-8(15)14-9(13-7)11(4,5)12;/h6H,12H2,1-5H3,(H,13,14,15);1H. The van der Waals surface area contributed by atoms with Gasteiger partial charge in [-0.1, -0.05) is 20.8 Å². The number of aromatic nitrogens is 2. The lowest BCUT2D eigenvalue weighted by Crippen LogP contribution is -2.35. The molecule has 1 aromatic rings. The Balaban J connectivity index is 0.00000225.